The molecule has 0 aliphatic carbocycles. The van der Waals surface area contributed by atoms with E-state index in [1.807, 2.05) is 0 Å². The van der Waals surface area contributed by atoms with Gasteiger partial charge >= 0.3 is 0 Å². The molecule has 0 amide bonds. The fourth-order valence-electron chi connectivity index (χ4n) is 0.730. The summed E-state index contributed by atoms with van der Waals surface area (Å²) in [5.74, 6) is 0. The Morgan fingerprint density at radius 1 is 1.70 bits per heavy atom. The zero-order valence-corrected chi connectivity index (χ0v) is 6.10. The Morgan fingerprint density at radius 3 is 3.10 bits per heavy atom. The Morgan fingerprint density at radius 2 is 2.60 bits per heavy atom. The van der Waals surface area contributed by atoms with Gasteiger partial charge in [-0.3, -0.25) is 0 Å². The van der Waals surface area contributed by atoms with Crippen LogP contribution in [0.5, 0.6) is 0 Å². The van der Waals surface area contributed by atoms with Crippen molar-refractivity contribution in [2.24, 2.45) is 0 Å². The molecule has 0 radical (unpaired) electrons. The lowest BCUT2D eigenvalue weighted by atomic mass is 10.3. The van der Waals surface area contributed by atoms with Crippen molar-refractivity contribution >= 4 is 16.5 Å². The van der Waals surface area contributed by atoms with Crippen molar-refractivity contribution in [1.82, 2.24) is 10.2 Å². The average Bonchev–Trinajstić information content (AvgIpc) is 2.29. The topological polar surface area (TPSA) is 47.0 Å². The third-order valence-corrected chi connectivity index (χ3v) is 1.95. The van der Waals surface area contributed by atoms with Crippen LogP contribution in [0, 0.1) is 0 Å². The average molecular weight is 157 g/mol. The van der Waals surface area contributed by atoms with E-state index in [-0.39, 0.29) is 0 Å². The Bertz CT molecular complexity index is 197. The predicted molar refractivity (Wildman–Crippen MR) is 38.1 cm³/mol. The number of rotatable bonds is 2. The van der Waals surface area contributed by atoms with Gasteiger partial charge in [0.2, 0.25) is 5.13 Å². The Labute approximate surface area is 62.2 Å². The number of hydrogen-bond acceptors (Lipinski definition) is 5. The molecule has 0 atom stereocenters. The molecule has 1 aromatic heterocycles. The third-order valence-electron chi connectivity index (χ3n) is 1.33. The zero-order chi connectivity index (χ0) is 6.81. The maximum Gasteiger partial charge on any atom is 0.205 e. The van der Waals surface area contributed by atoms with Crippen LogP contribution < -0.4 is 5.32 Å². The van der Waals surface area contributed by atoms with Crippen LogP contribution in [0.2, 0.25) is 0 Å². The summed E-state index contributed by atoms with van der Waals surface area (Å²) in [6.45, 7) is 1.58. The molecule has 2 heterocycles. The maximum absolute atomic E-state index is 4.98. The highest BCUT2D eigenvalue weighted by Gasteiger charge is 2.18. The van der Waals surface area contributed by atoms with Crippen LogP contribution >= 0.6 is 11.3 Å². The molecule has 1 aromatic rings. The van der Waals surface area contributed by atoms with Crippen LogP contribution in [-0.4, -0.2) is 29.5 Å². The van der Waals surface area contributed by atoms with E-state index in [1.54, 1.807) is 5.51 Å². The van der Waals surface area contributed by atoms with E-state index in [9.17, 15) is 0 Å². The van der Waals surface area contributed by atoms with Gasteiger partial charge in [-0.1, -0.05) is 11.3 Å². The molecule has 1 saturated heterocycles. The second kappa shape index (κ2) is 2.51. The quantitative estimate of drug-likeness (QED) is 0.673. The Hall–Kier alpha value is -0.680. The first kappa shape index (κ1) is 6.06. The molecule has 0 spiro atoms. The van der Waals surface area contributed by atoms with Gasteiger partial charge in [-0.25, -0.2) is 0 Å². The van der Waals surface area contributed by atoms with E-state index in [4.69, 9.17) is 4.74 Å². The Balaban J connectivity index is 1.90. The number of ether oxygens (including phenoxy) is 1. The van der Waals surface area contributed by atoms with E-state index >= 15 is 0 Å². The molecule has 1 fully saturated rings. The van der Waals surface area contributed by atoms with Gasteiger partial charge in [0, 0.05) is 0 Å². The molecule has 0 unspecified atom stereocenters. The highest BCUT2D eigenvalue weighted by molar-refractivity contribution is 7.13. The Kier molecular flexibility index (Phi) is 1.52. The summed E-state index contributed by atoms with van der Waals surface area (Å²) in [4.78, 5) is 0. The van der Waals surface area contributed by atoms with Crippen molar-refractivity contribution in [1.29, 1.82) is 0 Å². The van der Waals surface area contributed by atoms with Gasteiger partial charge in [-0.15, -0.1) is 10.2 Å². The van der Waals surface area contributed by atoms with Crippen molar-refractivity contribution < 1.29 is 4.74 Å². The summed E-state index contributed by atoms with van der Waals surface area (Å²) >= 11 is 1.51. The smallest absolute Gasteiger partial charge is 0.205 e. The van der Waals surface area contributed by atoms with Crippen LogP contribution in [0.3, 0.4) is 0 Å². The molecule has 0 bridgehead atoms. The molecule has 1 aliphatic heterocycles. The van der Waals surface area contributed by atoms with E-state index in [0.29, 0.717) is 6.04 Å². The van der Waals surface area contributed by atoms with E-state index in [0.717, 1.165) is 18.3 Å². The lowest BCUT2D eigenvalue weighted by molar-refractivity contribution is 0.0211. The molecular weight excluding hydrogens is 150 g/mol. The largest absolute Gasteiger partial charge is 0.377 e. The number of aromatic nitrogens is 2. The number of nitrogens with zero attached hydrogens (tertiary/aromatic N) is 2. The second-order valence-electron chi connectivity index (χ2n) is 2.12. The minimum atomic E-state index is 0.452. The van der Waals surface area contributed by atoms with Crippen LogP contribution in [0.25, 0.3) is 0 Å². The molecule has 2 rings (SSSR count). The number of anilines is 1. The number of nitrogens with one attached hydrogen (secondary N) is 1. The molecule has 1 aliphatic rings. The lowest BCUT2D eigenvalue weighted by Gasteiger charge is -2.26. The SMILES string of the molecule is c1nnc(NC2COC2)s1. The fourth-order valence-corrected chi connectivity index (χ4v) is 1.25. The molecule has 54 valence electrons. The molecule has 4 nitrogen and oxygen atoms in total. The van der Waals surface area contributed by atoms with Crippen molar-refractivity contribution in [3.05, 3.63) is 5.51 Å². The van der Waals surface area contributed by atoms with Gasteiger partial charge in [0.1, 0.15) is 5.51 Å². The summed E-state index contributed by atoms with van der Waals surface area (Å²) in [5.41, 5.74) is 1.71. The van der Waals surface area contributed by atoms with Gasteiger partial charge < -0.3 is 10.1 Å². The maximum atomic E-state index is 4.98. The molecule has 0 aromatic carbocycles. The van der Waals surface area contributed by atoms with Crippen LogP contribution in [-0.2, 0) is 4.74 Å². The minimum absolute atomic E-state index is 0.452. The van der Waals surface area contributed by atoms with E-state index in [1.165, 1.54) is 11.3 Å². The fraction of sp³-hybridized carbons (Fsp3) is 0.600. The van der Waals surface area contributed by atoms with Crippen LogP contribution in [0.4, 0.5) is 5.13 Å². The van der Waals surface area contributed by atoms with Gasteiger partial charge in [0.05, 0.1) is 19.3 Å². The van der Waals surface area contributed by atoms with Gasteiger partial charge in [-0.2, -0.15) is 0 Å². The second-order valence-corrected chi connectivity index (χ2v) is 2.96. The highest BCUT2D eigenvalue weighted by Crippen LogP contribution is 2.12. The van der Waals surface area contributed by atoms with E-state index < -0.39 is 0 Å². The first-order chi connectivity index (χ1) is 4.95. The van der Waals surface area contributed by atoms with Crippen LogP contribution in [0.15, 0.2) is 5.51 Å². The van der Waals surface area contributed by atoms with Crippen molar-refractivity contribution in [3.63, 3.8) is 0 Å². The zero-order valence-electron chi connectivity index (χ0n) is 5.28. The molecule has 5 heteroatoms. The van der Waals surface area contributed by atoms with Gasteiger partial charge in [0.15, 0.2) is 0 Å². The first-order valence-corrected chi connectivity index (χ1v) is 3.93. The monoisotopic (exact) mass is 157 g/mol. The summed E-state index contributed by atoms with van der Waals surface area (Å²) in [7, 11) is 0. The van der Waals surface area contributed by atoms with Gasteiger partial charge in [0.25, 0.3) is 0 Å². The van der Waals surface area contributed by atoms with Crippen LogP contribution in [0.1, 0.15) is 0 Å². The highest BCUT2D eigenvalue weighted by atomic mass is 32.1. The summed E-state index contributed by atoms with van der Waals surface area (Å²) in [6, 6.07) is 0.452. The summed E-state index contributed by atoms with van der Waals surface area (Å²) in [6.07, 6.45) is 0. The third kappa shape index (κ3) is 1.10. The molecular formula is C5H7N3OS. The standard InChI is InChI=1S/C5H7N3OS/c1-4(2-9-1)7-5-8-6-3-10-5/h3-4H,1-2H2,(H,7,8). The lowest BCUT2D eigenvalue weighted by Crippen LogP contribution is -2.40. The van der Waals surface area contributed by atoms with E-state index in [2.05, 4.69) is 15.5 Å². The number of hydrogen-bond donors (Lipinski definition) is 1. The van der Waals surface area contributed by atoms with Gasteiger partial charge in [-0.05, 0) is 0 Å². The summed E-state index contributed by atoms with van der Waals surface area (Å²) in [5, 5.41) is 11.6. The molecule has 1 N–H and O–H groups in total. The first-order valence-electron chi connectivity index (χ1n) is 3.05. The summed E-state index contributed by atoms with van der Waals surface area (Å²) < 4.78 is 4.98. The van der Waals surface area contributed by atoms with Crippen molar-refractivity contribution in [2.75, 3.05) is 18.5 Å². The molecule has 10 heavy (non-hydrogen) atoms. The normalized spacial score (nSPS) is 18.4. The van der Waals surface area contributed by atoms with Crippen molar-refractivity contribution in [3.8, 4) is 0 Å². The minimum Gasteiger partial charge on any atom is -0.377 e. The molecule has 0 saturated carbocycles. The van der Waals surface area contributed by atoms with Crippen molar-refractivity contribution in [2.45, 2.75) is 6.04 Å². The predicted octanol–water partition coefficient (Wildman–Crippen LogP) is 0.349.